The van der Waals surface area contributed by atoms with E-state index < -0.39 is 65.8 Å². The smallest absolute Gasteiger partial charge is 0.332 e. The van der Waals surface area contributed by atoms with Gasteiger partial charge >= 0.3 is 5.97 Å². The van der Waals surface area contributed by atoms with Gasteiger partial charge in [0, 0.05) is 35.9 Å². The zero-order valence-electron chi connectivity index (χ0n) is 20.9. The van der Waals surface area contributed by atoms with Gasteiger partial charge in [0.2, 0.25) is 29.5 Å². The molecule has 0 unspecified atom stereocenters. The molecule has 18 heteroatoms. The highest BCUT2D eigenvalue weighted by Gasteiger charge is 2.49. The number of rotatable bonds is 12. The van der Waals surface area contributed by atoms with Crippen molar-refractivity contribution in [3.05, 3.63) is 39.3 Å². The Bertz CT molecular complexity index is 1420. The molecule has 2 fully saturated rings. The lowest BCUT2D eigenvalue weighted by atomic mass is 10.0. The minimum Gasteiger partial charge on any atom is -0.459 e. The number of aromatic nitrogens is 1. The number of anilines is 1. The number of amides is 5. The quantitative estimate of drug-likeness (QED) is 0.0730. The number of nitro groups is 1. The summed E-state index contributed by atoms with van der Waals surface area (Å²) in [5.74, 6) is -3.88. The molecule has 0 saturated carbocycles. The Labute approximate surface area is 239 Å². The lowest BCUT2D eigenvalue weighted by Gasteiger charge is -2.41. The first-order valence-electron chi connectivity index (χ1n) is 11.8. The Morgan fingerprint density at radius 1 is 1.17 bits per heavy atom. The summed E-state index contributed by atoms with van der Waals surface area (Å²) < 4.78 is 10.2. The van der Waals surface area contributed by atoms with Crippen LogP contribution in [0.1, 0.15) is 18.4 Å². The van der Waals surface area contributed by atoms with Crippen LogP contribution in [0, 0.1) is 10.1 Å². The second kappa shape index (κ2) is 12.8. The highest BCUT2D eigenvalue weighted by atomic mass is 35.5. The Kier molecular flexibility index (Phi) is 9.21. The van der Waals surface area contributed by atoms with Gasteiger partial charge in [-0.2, -0.15) is 0 Å². The van der Waals surface area contributed by atoms with Crippen molar-refractivity contribution in [3.8, 4) is 11.3 Å². The summed E-state index contributed by atoms with van der Waals surface area (Å²) in [5.41, 5.74) is 0.719. The van der Waals surface area contributed by atoms with Gasteiger partial charge in [0.1, 0.15) is 37.9 Å². The third-order valence-electron chi connectivity index (χ3n) is 5.87. The summed E-state index contributed by atoms with van der Waals surface area (Å²) in [7, 11) is 0. The number of benzene rings is 1. The largest absolute Gasteiger partial charge is 0.459 e. The highest BCUT2D eigenvalue weighted by molar-refractivity contribution is 7.14. The molecule has 1 aromatic carbocycles. The van der Waals surface area contributed by atoms with Crippen LogP contribution in [-0.2, 0) is 44.8 Å². The molecular weight excluding hydrogens is 588 g/mol. The Morgan fingerprint density at radius 3 is 2.56 bits per heavy atom. The summed E-state index contributed by atoms with van der Waals surface area (Å²) in [6.45, 7) is -1.57. The number of esters is 1. The van der Waals surface area contributed by atoms with Crippen LogP contribution in [0.2, 0.25) is 0 Å². The van der Waals surface area contributed by atoms with Gasteiger partial charge in [0.25, 0.3) is 5.69 Å². The van der Waals surface area contributed by atoms with Gasteiger partial charge in [-0.15, -0.1) is 22.9 Å². The number of nitro benzene ring substituents is 1. The molecule has 5 amide bonds. The van der Waals surface area contributed by atoms with E-state index in [-0.39, 0.29) is 36.1 Å². The average molecular weight is 609 g/mol. The maximum atomic E-state index is 12.2. The monoisotopic (exact) mass is 608 g/mol. The van der Waals surface area contributed by atoms with Crippen LogP contribution >= 0.6 is 22.9 Å². The molecule has 0 aliphatic carbocycles. The molecule has 1 aromatic heterocycles. The van der Waals surface area contributed by atoms with Gasteiger partial charge in [0.05, 0.1) is 10.6 Å². The van der Waals surface area contributed by atoms with E-state index in [4.69, 9.17) is 21.1 Å². The van der Waals surface area contributed by atoms with Gasteiger partial charge in [-0.1, -0.05) is 0 Å². The molecule has 0 bridgehead atoms. The van der Waals surface area contributed by atoms with Gasteiger partial charge in [0.15, 0.2) is 5.13 Å². The SMILES string of the molecule is O=C(CCl)Nc1nc(-c2cc([N+](=O)[O-])ccc2COC(=O)COCC(=O)N[C@@H]2C(=O)N[C@H]2N2C(=O)CCC2=O)cs1. The Balaban J connectivity index is 1.29. The minimum absolute atomic E-state index is 0.0239. The summed E-state index contributed by atoms with van der Waals surface area (Å²) in [6.07, 6.45) is -0.938. The molecule has 0 spiro atoms. The second-order valence-corrected chi connectivity index (χ2v) is 9.75. The van der Waals surface area contributed by atoms with Crippen LogP contribution in [-0.4, -0.2) is 81.6 Å². The molecule has 4 rings (SSSR count). The van der Waals surface area contributed by atoms with Crippen molar-refractivity contribution >= 4 is 69.3 Å². The zero-order valence-corrected chi connectivity index (χ0v) is 22.5. The molecule has 2 atom stereocenters. The third-order valence-corrected chi connectivity index (χ3v) is 6.87. The number of ether oxygens (including phenoxy) is 2. The van der Waals surface area contributed by atoms with Crippen LogP contribution in [0.4, 0.5) is 10.8 Å². The van der Waals surface area contributed by atoms with E-state index in [9.17, 15) is 38.9 Å². The number of carbonyl (C=O) groups is 6. The molecule has 2 aliphatic heterocycles. The standard InChI is InChI=1S/C23H21ClN6O10S/c24-6-15(31)27-23-25-14(10-41-23)13-5-12(30(37)38)2-1-11(13)7-40-19(35)9-39-8-16(32)26-20-21(28-22(20)36)29-17(33)3-4-18(29)34/h1-2,5,10,20-21H,3-4,6-9H2,(H,26,32)(H,28,36)(H,25,27,31)/t20-,21-/m0/s1. The van der Waals surface area contributed by atoms with Gasteiger partial charge < -0.3 is 25.4 Å². The molecule has 3 N–H and O–H groups in total. The normalized spacial score (nSPS) is 18.0. The summed E-state index contributed by atoms with van der Waals surface area (Å²) in [5, 5.41) is 20.3. The number of likely N-dealkylation sites (tertiary alicyclic amines) is 1. The molecule has 2 saturated heterocycles. The Morgan fingerprint density at radius 2 is 1.90 bits per heavy atom. The average Bonchev–Trinajstić information content (AvgIpc) is 3.54. The fourth-order valence-electron chi connectivity index (χ4n) is 3.92. The van der Waals surface area contributed by atoms with Gasteiger partial charge in [-0.25, -0.2) is 9.78 Å². The first-order valence-corrected chi connectivity index (χ1v) is 13.3. The van der Waals surface area contributed by atoms with Gasteiger partial charge in [-0.05, 0) is 11.6 Å². The number of thiazole rings is 1. The van der Waals surface area contributed by atoms with Crippen molar-refractivity contribution in [2.45, 2.75) is 31.7 Å². The molecule has 2 aliphatic rings. The van der Waals surface area contributed by atoms with E-state index in [1.165, 1.54) is 18.2 Å². The van der Waals surface area contributed by atoms with Crippen LogP contribution in [0.15, 0.2) is 23.6 Å². The molecule has 41 heavy (non-hydrogen) atoms. The number of β-lactam (4-membered cyclic amide) rings is 1. The molecule has 2 aromatic rings. The third kappa shape index (κ3) is 7.00. The molecule has 3 heterocycles. The molecule has 216 valence electrons. The van der Waals surface area contributed by atoms with Crippen LogP contribution in [0.5, 0.6) is 0 Å². The number of carbonyl (C=O) groups excluding carboxylic acids is 6. The summed E-state index contributed by atoms with van der Waals surface area (Å²) in [6, 6.07) is 2.73. The number of nitrogens with zero attached hydrogens (tertiary/aromatic N) is 3. The van der Waals surface area contributed by atoms with E-state index in [1.54, 1.807) is 5.38 Å². The number of hydrogen-bond donors (Lipinski definition) is 3. The fraction of sp³-hybridized carbons (Fsp3) is 0.348. The van der Waals surface area contributed by atoms with E-state index in [0.717, 1.165) is 16.2 Å². The van der Waals surface area contributed by atoms with Crippen LogP contribution < -0.4 is 16.0 Å². The molecule has 16 nitrogen and oxygen atoms in total. The number of non-ortho nitro benzene ring substituents is 1. The predicted molar refractivity (Wildman–Crippen MR) is 139 cm³/mol. The van der Waals surface area contributed by atoms with Gasteiger partial charge in [-0.3, -0.25) is 39.0 Å². The van der Waals surface area contributed by atoms with E-state index in [2.05, 4.69) is 20.9 Å². The van der Waals surface area contributed by atoms with E-state index in [0.29, 0.717) is 16.8 Å². The minimum atomic E-state index is -1.14. The van der Waals surface area contributed by atoms with Crippen molar-refractivity contribution in [1.82, 2.24) is 20.5 Å². The predicted octanol–water partition coefficient (Wildman–Crippen LogP) is 0.0451. The Hall–Kier alpha value is -4.48. The summed E-state index contributed by atoms with van der Waals surface area (Å²) >= 11 is 6.55. The maximum absolute atomic E-state index is 12.2. The lowest BCUT2D eigenvalue weighted by molar-refractivity contribution is -0.384. The van der Waals surface area contributed by atoms with Crippen molar-refractivity contribution in [2.24, 2.45) is 0 Å². The fourth-order valence-corrected chi connectivity index (χ4v) is 4.71. The number of imide groups is 1. The van der Waals surface area contributed by atoms with Crippen LogP contribution in [0.3, 0.4) is 0 Å². The molecule has 0 radical (unpaired) electrons. The number of hydrogen-bond acceptors (Lipinski definition) is 12. The molecular formula is C23H21ClN6O10S. The zero-order chi connectivity index (χ0) is 29.7. The van der Waals surface area contributed by atoms with E-state index in [1.807, 2.05) is 0 Å². The van der Waals surface area contributed by atoms with Crippen molar-refractivity contribution in [3.63, 3.8) is 0 Å². The summed E-state index contributed by atoms with van der Waals surface area (Å²) in [4.78, 5) is 87.3. The van der Waals surface area contributed by atoms with Crippen molar-refractivity contribution in [2.75, 3.05) is 24.4 Å². The maximum Gasteiger partial charge on any atom is 0.332 e. The number of nitrogens with one attached hydrogen (secondary N) is 3. The van der Waals surface area contributed by atoms with Crippen molar-refractivity contribution < 1.29 is 43.2 Å². The van der Waals surface area contributed by atoms with Crippen LogP contribution in [0.25, 0.3) is 11.3 Å². The highest BCUT2D eigenvalue weighted by Crippen LogP contribution is 2.31. The lowest BCUT2D eigenvalue weighted by Crippen LogP contribution is -2.75. The first kappa shape index (κ1) is 29.5. The topological polar surface area (TPSA) is 216 Å². The number of alkyl halides is 1. The first-order chi connectivity index (χ1) is 19.6. The van der Waals surface area contributed by atoms with Crippen molar-refractivity contribution in [1.29, 1.82) is 0 Å². The van der Waals surface area contributed by atoms with E-state index >= 15 is 0 Å². The second-order valence-electron chi connectivity index (χ2n) is 8.63. The number of halogens is 1.